The monoisotopic (exact) mass is 196 g/mol. The van der Waals surface area contributed by atoms with Crippen LogP contribution >= 0.6 is 0 Å². The van der Waals surface area contributed by atoms with Crippen LogP contribution in [0, 0.1) is 29.6 Å². The van der Waals surface area contributed by atoms with Crippen molar-refractivity contribution in [3.05, 3.63) is 40.5 Å². The van der Waals surface area contributed by atoms with E-state index < -0.39 is 0 Å². The number of hydrogen-bond acceptors (Lipinski definition) is 2. The zero-order valence-electron chi connectivity index (χ0n) is 8.91. The van der Waals surface area contributed by atoms with Crippen LogP contribution in [0.5, 0.6) is 0 Å². The highest BCUT2D eigenvalue weighted by molar-refractivity contribution is 5.62. The van der Waals surface area contributed by atoms with E-state index in [0.717, 1.165) is 12.0 Å². The highest BCUT2D eigenvalue weighted by Crippen LogP contribution is 2.14. The van der Waals surface area contributed by atoms with Gasteiger partial charge in [-0.3, -0.25) is 0 Å². The van der Waals surface area contributed by atoms with Gasteiger partial charge in [-0.15, -0.1) is 0 Å². The summed E-state index contributed by atoms with van der Waals surface area (Å²) in [5.41, 5.74) is 3.54. The molecule has 2 heteroatoms. The zero-order valence-corrected chi connectivity index (χ0v) is 8.91. The summed E-state index contributed by atoms with van der Waals surface area (Å²) < 4.78 is 0. The molecule has 0 unspecified atom stereocenters. The molecule has 0 heterocycles. The third-order valence-electron chi connectivity index (χ3n) is 2.31. The average molecular weight is 196 g/mol. The standard InChI is InChI=1S/C13H12N2/c1-3-13-7-11(5-4-10(13)2)6-12(8-14)9-15/h4-7H,3H2,1-2H3. The first-order valence-electron chi connectivity index (χ1n) is 4.82. The minimum atomic E-state index is 0.140. The molecule has 74 valence electrons. The summed E-state index contributed by atoms with van der Waals surface area (Å²) in [5.74, 6) is 0. The van der Waals surface area contributed by atoms with E-state index in [1.54, 1.807) is 6.08 Å². The second kappa shape index (κ2) is 4.98. The molecule has 1 rings (SSSR count). The quantitative estimate of drug-likeness (QED) is 0.682. The van der Waals surface area contributed by atoms with Gasteiger partial charge in [0.05, 0.1) is 0 Å². The van der Waals surface area contributed by atoms with Crippen LogP contribution in [0.15, 0.2) is 23.8 Å². The van der Waals surface area contributed by atoms with Gasteiger partial charge in [0.1, 0.15) is 17.7 Å². The molecule has 0 atom stereocenters. The van der Waals surface area contributed by atoms with E-state index in [2.05, 4.69) is 13.8 Å². The third-order valence-corrected chi connectivity index (χ3v) is 2.31. The lowest BCUT2D eigenvalue weighted by molar-refractivity contribution is 1.11. The molecule has 0 aliphatic carbocycles. The molecule has 0 N–H and O–H groups in total. The number of rotatable bonds is 2. The Kier molecular flexibility index (Phi) is 3.66. The number of benzene rings is 1. The summed E-state index contributed by atoms with van der Waals surface area (Å²) in [6, 6.07) is 9.65. The van der Waals surface area contributed by atoms with Crippen molar-refractivity contribution in [1.82, 2.24) is 0 Å². The van der Waals surface area contributed by atoms with E-state index >= 15 is 0 Å². The van der Waals surface area contributed by atoms with Crippen LogP contribution in [0.1, 0.15) is 23.6 Å². The van der Waals surface area contributed by atoms with Gasteiger partial charge in [0.15, 0.2) is 0 Å². The topological polar surface area (TPSA) is 47.6 Å². The van der Waals surface area contributed by atoms with Crippen LogP contribution in [0.3, 0.4) is 0 Å². The van der Waals surface area contributed by atoms with Crippen LogP contribution < -0.4 is 0 Å². The molecule has 0 aliphatic rings. The first-order chi connectivity index (χ1) is 7.21. The lowest BCUT2D eigenvalue weighted by Gasteiger charge is -2.03. The number of nitriles is 2. The van der Waals surface area contributed by atoms with E-state index in [1.165, 1.54) is 11.1 Å². The Labute approximate surface area is 90.1 Å². The van der Waals surface area contributed by atoms with Crippen molar-refractivity contribution in [3.63, 3.8) is 0 Å². The maximum atomic E-state index is 8.63. The van der Waals surface area contributed by atoms with Gasteiger partial charge in [-0.25, -0.2) is 0 Å². The largest absolute Gasteiger partial charge is 0.192 e. The van der Waals surface area contributed by atoms with Crippen molar-refractivity contribution in [1.29, 1.82) is 10.5 Å². The Bertz CT molecular complexity index is 454. The van der Waals surface area contributed by atoms with Gasteiger partial charge in [-0.05, 0) is 36.1 Å². The van der Waals surface area contributed by atoms with Crippen LogP contribution in [0.25, 0.3) is 6.08 Å². The molecule has 1 aromatic rings. The SMILES string of the molecule is CCc1cc(C=C(C#N)C#N)ccc1C. The third kappa shape index (κ3) is 2.69. The Morgan fingerprint density at radius 3 is 2.53 bits per heavy atom. The molecule has 15 heavy (non-hydrogen) atoms. The summed E-state index contributed by atoms with van der Waals surface area (Å²) in [6.45, 7) is 4.15. The van der Waals surface area contributed by atoms with Gasteiger partial charge in [0.25, 0.3) is 0 Å². The van der Waals surface area contributed by atoms with E-state index in [4.69, 9.17) is 10.5 Å². The molecule has 0 saturated carbocycles. The summed E-state index contributed by atoms with van der Waals surface area (Å²) in [6.07, 6.45) is 2.57. The molecule has 0 fully saturated rings. The zero-order chi connectivity index (χ0) is 11.3. The molecule has 0 radical (unpaired) electrons. The van der Waals surface area contributed by atoms with Gasteiger partial charge in [-0.1, -0.05) is 25.1 Å². The number of aryl methyl sites for hydroxylation is 2. The van der Waals surface area contributed by atoms with Gasteiger partial charge in [0, 0.05) is 0 Å². The molecular formula is C13H12N2. The Hall–Kier alpha value is -2.06. The molecule has 0 aliphatic heterocycles. The van der Waals surface area contributed by atoms with Crippen LogP contribution in [-0.4, -0.2) is 0 Å². The normalized spacial score (nSPS) is 8.80. The fraction of sp³-hybridized carbons (Fsp3) is 0.231. The molecule has 0 spiro atoms. The van der Waals surface area contributed by atoms with Crippen molar-refractivity contribution >= 4 is 6.08 Å². The van der Waals surface area contributed by atoms with Crippen molar-refractivity contribution < 1.29 is 0 Å². The summed E-state index contributed by atoms with van der Waals surface area (Å²) in [7, 11) is 0. The van der Waals surface area contributed by atoms with E-state index in [9.17, 15) is 0 Å². The maximum Gasteiger partial charge on any atom is 0.130 e. The fourth-order valence-corrected chi connectivity index (χ4v) is 1.42. The van der Waals surface area contributed by atoms with Crippen LogP contribution in [0.2, 0.25) is 0 Å². The number of hydrogen-bond donors (Lipinski definition) is 0. The second-order valence-electron chi connectivity index (χ2n) is 3.32. The Balaban J connectivity index is 3.14. The minimum Gasteiger partial charge on any atom is -0.192 e. The smallest absolute Gasteiger partial charge is 0.130 e. The Morgan fingerprint density at radius 1 is 1.33 bits per heavy atom. The second-order valence-corrected chi connectivity index (χ2v) is 3.32. The predicted octanol–water partition coefficient (Wildman–Crippen LogP) is 2.99. The average Bonchev–Trinajstić information content (AvgIpc) is 2.28. The first-order valence-corrected chi connectivity index (χ1v) is 4.82. The van der Waals surface area contributed by atoms with Gasteiger partial charge in [0.2, 0.25) is 0 Å². The molecule has 0 saturated heterocycles. The van der Waals surface area contributed by atoms with Gasteiger partial charge < -0.3 is 0 Å². The lowest BCUT2D eigenvalue weighted by Crippen LogP contribution is -1.87. The highest BCUT2D eigenvalue weighted by atomic mass is 14.3. The number of nitrogens with zero attached hydrogens (tertiary/aromatic N) is 2. The molecular weight excluding hydrogens is 184 g/mol. The molecule has 0 amide bonds. The van der Waals surface area contributed by atoms with Crippen molar-refractivity contribution in [3.8, 4) is 12.1 Å². The summed E-state index contributed by atoms with van der Waals surface area (Å²) in [4.78, 5) is 0. The molecule has 1 aromatic carbocycles. The molecule has 0 aromatic heterocycles. The molecule has 0 bridgehead atoms. The first kappa shape index (κ1) is 11.0. The van der Waals surface area contributed by atoms with Gasteiger partial charge >= 0.3 is 0 Å². The van der Waals surface area contributed by atoms with Crippen LogP contribution in [0.4, 0.5) is 0 Å². The minimum absolute atomic E-state index is 0.140. The fourth-order valence-electron chi connectivity index (χ4n) is 1.42. The van der Waals surface area contributed by atoms with E-state index in [-0.39, 0.29) is 5.57 Å². The molecule has 2 nitrogen and oxygen atoms in total. The van der Waals surface area contributed by atoms with Gasteiger partial charge in [-0.2, -0.15) is 10.5 Å². The van der Waals surface area contributed by atoms with E-state index in [1.807, 2.05) is 30.3 Å². The van der Waals surface area contributed by atoms with Crippen molar-refractivity contribution in [2.24, 2.45) is 0 Å². The Morgan fingerprint density at radius 2 is 2.00 bits per heavy atom. The maximum absolute atomic E-state index is 8.63. The van der Waals surface area contributed by atoms with Crippen molar-refractivity contribution in [2.45, 2.75) is 20.3 Å². The summed E-state index contributed by atoms with van der Waals surface area (Å²) >= 11 is 0. The predicted molar refractivity (Wildman–Crippen MR) is 59.8 cm³/mol. The van der Waals surface area contributed by atoms with Crippen LogP contribution in [-0.2, 0) is 6.42 Å². The summed E-state index contributed by atoms with van der Waals surface area (Å²) in [5, 5.41) is 17.3. The highest BCUT2D eigenvalue weighted by Gasteiger charge is 1.98. The van der Waals surface area contributed by atoms with E-state index in [0.29, 0.717) is 0 Å². The van der Waals surface area contributed by atoms with Crippen molar-refractivity contribution in [2.75, 3.05) is 0 Å². The lowest BCUT2D eigenvalue weighted by atomic mass is 10.0. The number of allylic oxidation sites excluding steroid dienone is 1.